The maximum Gasteiger partial charge on any atom is 0.321 e. The van der Waals surface area contributed by atoms with Gasteiger partial charge in [0.25, 0.3) is 0 Å². The Labute approximate surface area is 153 Å². The topological polar surface area (TPSA) is 56.1 Å². The number of halogens is 2. The predicted molar refractivity (Wildman–Crippen MR) is 98.1 cm³/mol. The lowest BCUT2D eigenvalue weighted by Gasteiger charge is -2.11. The summed E-state index contributed by atoms with van der Waals surface area (Å²) in [4.78, 5) is 16.5. The first kappa shape index (κ1) is 18.2. The van der Waals surface area contributed by atoms with Gasteiger partial charge in [-0.15, -0.1) is 0 Å². The number of para-hydroxylation sites is 2. The highest BCUT2D eigenvalue weighted by molar-refractivity contribution is 7.99. The Morgan fingerprint density at radius 2 is 2.08 bits per heavy atom. The van der Waals surface area contributed by atoms with E-state index in [0.29, 0.717) is 22.5 Å². The zero-order valence-electron chi connectivity index (χ0n) is 14.2. The SMILES string of the molecule is COc1ccc(C)cc1NC(=O)CSc1nc2ccccc2n1C(F)F. The quantitative estimate of drug-likeness (QED) is 0.644. The summed E-state index contributed by atoms with van der Waals surface area (Å²) in [5, 5.41) is 2.85. The molecule has 0 bridgehead atoms. The molecule has 0 fully saturated rings. The van der Waals surface area contributed by atoms with E-state index in [1.165, 1.54) is 7.11 Å². The first-order valence-corrected chi connectivity index (χ1v) is 8.80. The van der Waals surface area contributed by atoms with Crippen LogP contribution in [0, 0.1) is 6.92 Å². The number of nitrogens with zero attached hydrogens (tertiary/aromatic N) is 2. The fourth-order valence-corrected chi connectivity index (χ4v) is 3.36. The normalized spacial score (nSPS) is 11.1. The average molecular weight is 377 g/mol. The van der Waals surface area contributed by atoms with Crippen molar-refractivity contribution >= 4 is 34.4 Å². The first-order chi connectivity index (χ1) is 12.5. The summed E-state index contributed by atoms with van der Waals surface area (Å²) < 4.78 is 32.8. The molecule has 3 rings (SSSR count). The first-order valence-electron chi connectivity index (χ1n) is 7.82. The summed E-state index contributed by atoms with van der Waals surface area (Å²) in [6.45, 7) is -0.834. The van der Waals surface area contributed by atoms with E-state index in [1.807, 2.05) is 13.0 Å². The van der Waals surface area contributed by atoms with E-state index in [-0.39, 0.29) is 16.8 Å². The molecule has 0 radical (unpaired) electrons. The molecule has 0 aliphatic carbocycles. The molecule has 0 spiro atoms. The monoisotopic (exact) mass is 377 g/mol. The number of nitrogens with one attached hydrogen (secondary N) is 1. The molecule has 1 amide bonds. The second-order valence-electron chi connectivity index (χ2n) is 5.57. The number of fused-ring (bicyclic) bond motifs is 1. The van der Waals surface area contributed by atoms with Crippen LogP contribution in [0.1, 0.15) is 12.1 Å². The summed E-state index contributed by atoms with van der Waals surface area (Å²) in [7, 11) is 1.51. The van der Waals surface area contributed by atoms with Crippen LogP contribution in [0.5, 0.6) is 5.75 Å². The smallest absolute Gasteiger partial charge is 0.321 e. The Morgan fingerprint density at radius 1 is 1.31 bits per heavy atom. The van der Waals surface area contributed by atoms with E-state index in [9.17, 15) is 13.6 Å². The van der Waals surface area contributed by atoms with Crippen LogP contribution in [0.3, 0.4) is 0 Å². The lowest BCUT2D eigenvalue weighted by atomic mass is 10.2. The number of methoxy groups -OCH3 is 1. The van der Waals surface area contributed by atoms with Crippen LogP contribution >= 0.6 is 11.8 Å². The molecule has 3 aromatic rings. The highest BCUT2D eigenvalue weighted by atomic mass is 32.2. The molecule has 26 heavy (non-hydrogen) atoms. The van der Waals surface area contributed by atoms with Crippen LogP contribution in [0.4, 0.5) is 14.5 Å². The molecule has 0 unspecified atom stereocenters. The third-order valence-corrected chi connectivity index (χ3v) is 4.67. The second kappa shape index (κ2) is 7.74. The number of benzene rings is 2. The molecular weight excluding hydrogens is 360 g/mol. The number of carbonyl (C=O) groups is 1. The number of hydrogen-bond acceptors (Lipinski definition) is 4. The molecule has 1 aromatic heterocycles. The summed E-state index contributed by atoms with van der Waals surface area (Å²) in [6.07, 6.45) is 0. The van der Waals surface area contributed by atoms with Gasteiger partial charge in [-0.3, -0.25) is 9.36 Å². The molecule has 8 heteroatoms. The van der Waals surface area contributed by atoms with Crippen molar-refractivity contribution in [2.75, 3.05) is 18.2 Å². The van der Waals surface area contributed by atoms with E-state index in [0.717, 1.165) is 21.9 Å². The van der Waals surface area contributed by atoms with Gasteiger partial charge in [-0.1, -0.05) is 30.0 Å². The van der Waals surface area contributed by atoms with Crippen LogP contribution in [-0.2, 0) is 4.79 Å². The average Bonchev–Trinajstić information content (AvgIpc) is 2.99. The van der Waals surface area contributed by atoms with Crippen molar-refractivity contribution < 1.29 is 18.3 Å². The maximum absolute atomic E-state index is 13.4. The van der Waals surface area contributed by atoms with Crippen molar-refractivity contribution in [2.45, 2.75) is 18.6 Å². The van der Waals surface area contributed by atoms with Crippen LogP contribution < -0.4 is 10.1 Å². The standard InChI is InChI=1S/C18H17F2N3O2S/c1-11-7-8-15(25-2)13(9-11)21-16(24)10-26-18-22-12-5-3-4-6-14(12)23(18)17(19)20/h3-9,17H,10H2,1-2H3,(H,21,24). The van der Waals surface area contributed by atoms with Crippen molar-refractivity contribution in [3.63, 3.8) is 0 Å². The zero-order valence-corrected chi connectivity index (χ0v) is 15.0. The summed E-state index contributed by atoms with van der Waals surface area (Å²) in [6, 6.07) is 12.1. The Hall–Kier alpha value is -2.61. The van der Waals surface area contributed by atoms with Gasteiger partial charge in [0.2, 0.25) is 5.91 Å². The number of amides is 1. The molecule has 1 heterocycles. The van der Waals surface area contributed by atoms with Crippen molar-refractivity contribution in [1.82, 2.24) is 9.55 Å². The van der Waals surface area contributed by atoms with Gasteiger partial charge in [-0.25, -0.2) is 4.98 Å². The van der Waals surface area contributed by atoms with E-state index in [1.54, 1.807) is 36.4 Å². The Bertz CT molecular complexity index is 943. The minimum Gasteiger partial charge on any atom is -0.495 e. The van der Waals surface area contributed by atoms with Gasteiger partial charge >= 0.3 is 6.55 Å². The molecule has 0 aliphatic rings. The number of thioether (sulfide) groups is 1. The second-order valence-corrected chi connectivity index (χ2v) is 6.51. The number of imidazole rings is 1. The van der Waals surface area contributed by atoms with E-state index in [2.05, 4.69) is 10.3 Å². The van der Waals surface area contributed by atoms with Crippen molar-refractivity contribution in [1.29, 1.82) is 0 Å². The minimum absolute atomic E-state index is 0.0485. The van der Waals surface area contributed by atoms with Gasteiger partial charge in [0.15, 0.2) is 5.16 Å². The zero-order chi connectivity index (χ0) is 18.7. The molecule has 0 atom stereocenters. The van der Waals surface area contributed by atoms with Gasteiger partial charge in [0, 0.05) is 0 Å². The third kappa shape index (κ3) is 3.80. The number of ether oxygens (including phenoxy) is 1. The highest BCUT2D eigenvalue weighted by Gasteiger charge is 2.19. The minimum atomic E-state index is -2.73. The summed E-state index contributed by atoms with van der Waals surface area (Å²) in [5.41, 5.74) is 2.32. The number of aromatic nitrogens is 2. The van der Waals surface area contributed by atoms with Crippen LogP contribution in [0.2, 0.25) is 0 Å². The number of carbonyl (C=O) groups excluding carboxylic acids is 1. The fraction of sp³-hybridized carbons (Fsp3) is 0.222. The molecule has 1 N–H and O–H groups in total. The third-order valence-electron chi connectivity index (χ3n) is 3.72. The van der Waals surface area contributed by atoms with Gasteiger partial charge in [0.1, 0.15) is 5.75 Å². The summed E-state index contributed by atoms with van der Waals surface area (Å²) >= 11 is 0.965. The van der Waals surface area contributed by atoms with E-state index < -0.39 is 6.55 Å². The van der Waals surface area contributed by atoms with Gasteiger partial charge in [-0.05, 0) is 36.8 Å². The Balaban J connectivity index is 1.75. The molecule has 0 saturated carbocycles. The highest BCUT2D eigenvalue weighted by Crippen LogP contribution is 2.30. The lowest BCUT2D eigenvalue weighted by molar-refractivity contribution is -0.113. The Morgan fingerprint density at radius 3 is 2.81 bits per heavy atom. The Kier molecular flexibility index (Phi) is 5.41. The van der Waals surface area contributed by atoms with E-state index in [4.69, 9.17) is 4.74 Å². The number of alkyl halides is 2. The van der Waals surface area contributed by atoms with Crippen LogP contribution in [0.15, 0.2) is 47.6 Å². The van der Waals surface area contributed by atoms with Gasteiger partial charge < -0.3 is 10.1 Å². The molecular formula is C18H17F2N3O2S. The number of aryl methyl sites for hydroxylation is 1. The summed E-state index contributed by atoms with van der Waals surface area (Å²) in [5.74, 6) is 0.160. The molecule has 0 aliphatic heterocycles. The maximum atomic E-state index is 13.4. The number of hydrogen-bond donors (Lipinski definition) is 1. The van der Waals surface area contributed by atoms with E-state index >= 15 is 0 Å². The van der Waals surface area contributed by atoms with Crippen LogP contribution in [0.25, 0.3) is 11.0 Å². The van der Waals surface area contributed by atoms with Crippen LogP contribution in [-0.4, -0.2) is 28.3 Å². The number of anilines is 1. The van der Waals surface area contributed by atoms with Gasteiger partial charge in [-0.2, -0.15) is 8.78 Å². The number of rotatable bonds is 6. The van der Waals surface area contributed by atoms with Crippen molar-refractivity contribution in [3.8, 4) is 5.75 Å². The largest absolute Gasteiger partial charge is 0.495 e. The lowest BCUT2D eigenvalue weighted by Crippen LogP contribution is -2.15. The fourth-order valence-electron chi connectivity index (χ4n) is 2.55. The molecule has 136 valence electrons. The van der Waals surface area contributed by atoms with Gasteiger partial charge in [0.05, 0.1) is 29.6 Å². The molecule has 5 nitrogen and oxygen atoms in total. The molecule has 2 aromatic carbocycles. The van der Waals surface area contributed by atoms with Crippen molar-refractivity contribution in [2.24, 2.45) is 0 Å². The van der Waals surface area contributed by atoms with Crippen molar-refractivity contribution in [3.05, 3.63) is 48.0 Å². The predicted octanol–water partition coefficient (Wildman–Crippen LogP) is 4.48. The molecule has 0 saturated heterocycles.